The first-order valence-corrected chi connectivity index (χ1v) is 6.28. The average Bonchev–Trinajstić information content (AvgIpc) is 2.33. The van der Waals surface area contributed by atoms with E-state index in [0.29, 0.717) is 25.6 Å². The number of cyclic esters (lactones) is 1. The molecular formula is C12H14O3S. The molecule has 2 rings (SSSR count). The highest BCUT2D eigenvalue weighted by atomic mass is 32.2. The van der Waals surface area contributed by atoms with Crippen molar-refractivity contribution in [3.05, 3.63) is 35.9 Å². The highest BCUT2D eigenvalue weighted by Crippen LogP contribution is 2.17. The number of benzene rings is 1. The zero-order valence-corrected chi connectivity index (χ0v) is 9.74. The second kappa shape index (κ2) is 5.92. The van der Waals surface area contributed by atoms with Crippen LogP contribution in [0, 0.1) is 0 Å². The second-order valence-corrected chi connectivity index (χ2v) is 4.91. The predicted octanol–water partition coefficient (Wildman–Crippen LogP) is 1.86. The maximum Gasteiger partial charge on any atom is 0.315 e. The third-order valence-corrected chi connectivity index (χ3v) is 3.43. The predicted molar refractivity (Wildman–Crippen MR) is 63.3 cm³/mol. The Labute approximate surface area is 99.1 Å². The van der Waals surface area contributed by atoms with Crippen molar-refractivity contribution >= 4 is 17.7 Å². The van der Waals surface area contributed by atoms with Gasteiger partial charge in [-0.15, -0.1) is 11.8 Å². The first-order valence-electron chi connectivity index (χ1n) is 5.23. The molecule has 1 fully saturated rings. The fourth-order valence-electron chi connectivity index (χ4n) is 1.44. The summed E-state index contributed by atoms with van der Waals surface area (Å²) in [6.07, 6.45) is 0. The Morgan fingerprint density at radius 1 is 1.38 bits per heavy atom. The van der Waals surface area contributed by atoms with Crippen molar-refractivity contribution in [2.45, 2.75) is 11.9 Å². The van der Waals surface area contributed by atoms with Crippen LogP contribution in [0.5, 0.6) is 0 Å². The van der Waals surface area contributed by atoms with Gasteiger partial charge in [-0.1, -0.05) is 30.3 Å². The highest BCUT2D eigenvalue weighted by Gasteiger charge is 2.20. The van der Waals surface area contributed by atoms with Gasteiger partial charge in [-0.2, -0.15) is 0 Å². The van der Waals surface area contributed by atoms with Gasteiger partial charge in [0, 0.05) is 0 Å². The van der Waals surface area contributed by atoms with E-state index in [0.717, 1.165) is 0 Å². The molecule has 3 nitrogen and oxygen atoms in total. The van der Waals surface area contributed by atoms with Gasteiger partial charge in [-0.05, 0) is 5.56 Å². The number of ether oxygens (including phenoxy) is 2. The fourth-order valence-corrected chi connectivity index (χ4v) is 2.25. The molecule has 0 spiro atoms. The molecule has 0 N–H and O–H groups in total. The van der Waals surface area contributed by atoms with Crippen LogP contribution in [0.1, 0.15) is 5.56 Å². The second-order valence-electron chi connectivity index (χ2n) is 3.62. The topological polar surface area (TPSA) is 35.5 Å². The molecule has 0 amide bonds. The Bertz CT molecular complexity index is 329. The van der Waals surface area contributed by atoms with Crippen LogP contribution in [-0.4, -0.2) is 30.2 Å². The molecule has 86 valence electrons. The smallest absolute Gasteiger partial charge is 0.315 e. The van der Waals surface area contributed by atoms with Crippen molar-refractivity contribution in [3.63, 3.8) is 0 Å². The number of hydrogen-bond donors (Lipinski definition) is 0. The molecule has 1 aliphatic rings. The summed E-state index contributed by atoms with van der Waals surface area (Å²) < 4.78 is 10.5. The van der Waals surface area contributed by atoms with E-state index < -0.39 is 0 Å². The summed E-state index contributed by atoms with van der Waals surface area (Å²) in [5.41, 5.74) is 1.17. The quantitative estimate of drug-likeness (QED) is 0.750. The molecule has 0 saturated carbocycles. The number of carbonyl (C=O) groups is 1. The van der Waals surface area contributed by atoms with Crippen molar-refractivity contribution in [2.24, 2.45) is 0 Å². The molecule has 0 aliphatic carbocycles. The SMILES string of the molecule is O=C1CSC(COCc2ccccc2)CO1. The van der Waals surface area contributed by atoms with Crippen molar-refractivity contribution < 1.29 is 14.3 Å². The zero-order valence-electron chi connectivity index (χ0n) is 8.93. The number of rotatable bonds is 4. The lowest BCUT2D eigenvalue weighted by molar-refractivity contribution is -0.141. The maximum absolute atomic E-state index is 10.8. The molecule has 16 heavy (non-hydrogen) atoms. The molecule has 0 aromatic heterocycles. The molecular weight excluding hydrogens is 224 g/mol. The Balaban J connectivity index is 1.67. The number of esters is 1. The van der Waals surface area contributed by atoms with Crippen LogP contribution in [0.15, 0.2) is 30.3 Å². The Morgan fingerprint density at radius 2 is 2.19 bits per heavy atom. The summed E-state index contributed by atoms with van der Waals surface area (Å²) in [4.78, 5) is 10.8. The van der Waals surface area contributed by atoms with Gasteiger partial charge in [0.15, 0.2) is 0 Å². The van der Waals surface area contributed by atoms with E-state index in [-0.39, 0.29) is 11.2 Å². The molecule has 1 aliphatic heterocycles. The summed E-state index contributed by atoms with van der Waals surface area (Å²) >= 11 is 1.61. The summed E-state index contributed by atoms with van der Waals surface area (Å²) in [7, 11) is 0. The number of hydrogen-bond acceptors (Lipinski definition) is 4. The van der Waals surface area contributed by atoms with Gasteiger partial charge in [0.25, 0.3) is 0 Å². The minimum Gasteiger partial charge on any atom is -0.464 e. The Kier molecular flexibility index (Phi) is 4.25. The Morgan fingerprint density at radius 3 is 2.88 bits per heavy atom. The molecule has 1 aromatic carbocycles. The molecule has 1 saturated heterocycles. The molecule has 1 aromatic rings. The molecule has 1 unspecified atom stereocenters. The van der Waals surface area contributed by atoms with Crippen LogP contribution < -0.4 is 0 Å². The van der Waals surface area contributed by atoms with Crippen molar-refractivity contribution in [1.29, 1.82) is 0 Å². The number of carbonyl (C=O) groups excluding carboxylic acids is 1. The van der Waals surface area contributed by atoms with Crippen LogP contribution >= 0.6 is 11.8 Å². The average molecular weight is 238 g/mol. The van der Waals surface area contributed by atoms with Gasteiger partial charge >= 0.3 is 5.97 Å². The third kappa shape index (κ3) is 3.54. The zero-order chi connectivity index (χ0) is 11.2. The number of thioether (sulfide) groups is 1. The van der Waals surface area contributed by atoms with Crippen LogP contribution in [0.3, 0.4) is 0 Å². The molecule has 0 radical (unpaired) electrons. The lowest BCUT2D eigenvalue weighted by atomic mass is 10.2. The van der Waals surface area contributed by atoms with Crippen LogP contribution in [0.25, 0.3) is 0 Å². The van der Waals surface area contributed by atoms with Gasteiger partial charge < -0.3 is 9.47 Å². The van der Waals surface area contributed by atoms with Gasteiger partial charge in [-0.25, -0.2) is 0 Å². The molecule has 1 heterocycles. The van der Waals surface area contributed by atoms with E-state index in [4.69, 9.17) is 9.47 Å². The molecule has 1 atom stereocenters. The normalized spacial score (nSPS) is 20.5. The van der Waals surface area contributed by atoms with Gasteiger partial charge in [0.1, 0.15) is 6.61 Å². The summed E-state index contributed by atoms with van der Waals surface area (Å²) in [6, 6.07) is 10.0. The van der Waals surface area contributed by atoms with E-state index in [2.05, 4.69) is 0 Å². The summed E-state index contributed by atoms with van der Waals surface area (Å²) in [5, 5.41) is 0.279. The van der Waals surface area contributed by atoms with E-state index >= 15 is 0 Å². The molecule has 4 heteroatoms. The molecule has 0 bridgehead atoms. The lowest BCUT2D eigenvalue weighted by Gasteiger charge is -2.20. The summed E-state index contributed by atoms with van der Waals surface area (Å²) in [6.45, 7) is 1.72. The monoisotopic (exact) mass is 238 g/mol. The minimum absolute atomic E-state index is 0.121. The summed E-state index contributed by atoms with van der Waals surface area (Å²) in [5.74, 6) is 0.323. The lowest BCUT2D eigenvalue weighted by Crippen LogP contribution is -2.28. The third-order valence-electron chi connectivity index (χ3n) is 2.28. The van der Waals surface area contributed by atoms with E-state index in [9.17, 15) is 4.79 Å². The van der Waals surface area contributed by atoms with Crippen LogP contribution in [0.2, 0.25) is 0 Å². The van der Waals surface area contributed by atoms with Crippen molar-refractivity contribution in [2.75, 3.05) is 19.0 Å². The largest absolute Gasteiger partial charge is 0.464 e. The maximum atomic E-state index is 10.8. The standard InChI is InChI=1S/C12H14O3S/c13-12-9-16-11(8-15-12)7-14-6-10-4-2-1-3-5-10/h1-5,11H,6-9H2. The fraction of sp³-hybridized carbons (Fsp3) is 0.417. The first kappa shape index (κ1) is 11.5. The minimum atomic E-state index is -0.121. The van der Waals surface area contributed by atoms with Crippen LogP contribution in [0.4, 0.5) is 0 Å². The first-order chi connectivity index (χ1) is 7.84. The van der Waals surface area contributed by atoms with Gasteiger partial charge in [0.05, 0.1) is 24.2 Å². The van der Waals surface area contributed by atoms with Crippen molar-refractivity contribution in [1.82, 2.24) is 0 Å². The van der Waals surface area contributed by atoms with E-state index in [1.807, 2.05) is 30.3 Å². The Hall–Kier alpha value is -1.00. The van der Waals surface area contributed by atoms with Gasteiger partial charge in [-0.3, -0.25) is 4.79 Å². The highest BCUT2D eigenvalue weighted by molar-refractivity contribution is 8.00. The van der Waals surface area contributed by atoms with E-state index in [1.165, 1.54) is 5.56 Å². The van der Waals surface area contributed by atoms with Crippen LogP contribution in [-0.2, 0) is 20.9 Å². The van der Waals surface area contributed by atoms with Gasteiger partial charge in [0.2, 0.25) is 0 Å². The van der Waals surface area contributed by atoms with E-state index in [1.54, 1.807) is 11.8 Å². The van der Waals surface area contributed by atoms with Crippen molar-refractivity contribution in [3.8, 4) is 0 Å².